The summed E-state index contributed by atoms with van der Waals surface area (Å²) >= 11 is 1.57. The first kappa shape index (κ1) is 21.5. The minimum atomic E-state index is 0.418. The first-order valence-corrected chi connectivity index (χ1v) is 12.5. The third-order valence-electron chi connectivity index (χ3n) is 6.24. The van der Waals surface area contributed by atoms with E-state index >= 15 is 0 Å². The van der Waals surface area contributed by atoms with Gasteiger partial charge in [-0.3, -0.25) is 4.98 Å². The molecule has 0 bridgehead atoms. The van der Waals surface area contributed by atoms with Crippen LogP contribution in [-0.4, -0.2) is 24.7 Å². The number of nitrogens with zero attached hydrogens (tertiary/aromatic N) is 5. The van der Waals surface area contributed by atoms with Crippen LogP contribution in [0.1, 0.15) is 42.2 Å². The van der Waals surface area contributed by atoms with Crippen LogP contribution >= 0.6 is 11.3 Å². The van der Waals surface area contributed by atoms with Gasteiger partial charge in [0.25, 0.3) is 0 Å². The largest absolute Gasteiger partial charge is 0.488 e. The van der Waals surface area contributed by atoms with Crippen LogP contribution < -0.4 is 15.2 Å². The average molecular weight is 485 g/mol. The Morgan fingerprint density at radius 1 is 1.00 bits per heavy atom. The maximum Gasteiger partial charge on any atom is 0.153 e. The highest BCUT2D eigenvalue weighted by Crippen LogP contribution is 2.38. The number of anilines is 1. The number of aromatic nitrogens is 5. The summed E-state index contributed by atoms with van der Waals surface area (Å²) in [6.45, 7) is 0.482. The lowest BCUT2D eigenvalue weighted by atomic mass is 10.0. The SMILES string of the molecule is Nc1ncnc2c(C3CCCC3)nn(-c3ccc(Oc4cccc(OCc5cncs5)c4)cc3)c12. The lowest BCUT2D eigenvalue weighted by Crippen LogP contribution is -2.01. The van der Waals surface area contributed by atoms with Crippen LogP contribution in [-0.2, 0) is 6.61 Å². The van der Waals surface area contributed by atoms with Crippen molar-refractivity contribution in [2.75, 3.05) is 5.73 Å². The van der Waals surface area contributed by atoms with E-state index in [0.717, 1.165) is 45.9 Å². The summed E-state index contributed by atoms with van der Waals surface area (Å²) in [5, 5.41) is 4.94. The number of fused-ring (bicyclic) bond motifs is 1. The molecule has 1 aliphatic rings. The van der Waals surface area contributed by atoms with Crippen molar-refractivity contribution in [3.8, 4) is 22.9 Å². The summed E-state index contributed by atoms with van der Waals surface area (Å²) in [4.78, 5) is 13.9. The van der Waals surface area contributed by atoms with E-state index in [-0.39, 0.29) is 0 Å². The highest BCUT2D eigenvalue weighted by Gasteiger charge is 2.25. The maximum atomic E-state index is 6.26. The number of benzene rings is 2. The van der Waals surface area contributed by atoms with Gasteiger partial charge in [0.15, 0.2) is 5.82 Å². The summed E-state index contributed by atoms with van der Waals surface area (Å²) in [5.74, 6) is 3.00. The first-order valence-electron chi connectivity index (χ1n) is 11.6. The van der Waals surface area contributed by atoms with Gasteiger partial charge in [0.1, 0.15) is 41.2 Å². The Morgan fingerprint density at radius 3 is 2.63 bits per heavy atom. The Hall–Kier alpha value is -3.98. The molecule has 0 unspecified atom stereocenters. The van der Waals surface area contributed by atoms with Gasteiger partial charge in [-0.25, -0.2) is 14.6 Å². The van der Waals surface area contributed by atoms with Gasteiger partial charge in [-0.05, 0) is 49.2 Å². The average Bonchev–Trinajstić information content (AvgIpc) is 3.65. The van der Waals surface area contributed by atoms with E-state index < -0.39 is 0 Å². The van der Waals surface area contributed by atoms with Gasteiger partial charge in [0.2, 0.25) is 0 Å². The lowest BCUT2D eigenvalue weighted by molar-refractivity contribution is 0.308. The molecule has 176 valence electrons. The monoisotopic (exact) mass is 484 g/mol. The molecule has 0 saturated heterocycles. The zero-order valence-electron chi connectivity index (χ0n) is 19.0. The molecule has 2 aromatic carbocycles. The molecule has 0 atom stereocenters. The van der Waals surface area contributed by atoms with Gasteiger partial charge in [-0.1, -0.05) is 18.9 Å². The molecule has 6 rings (SSSR count). The van der Waals surface area contributed by atoms with Gasteiger partial charge in [0.05, 0.1) is 21.8 Å². The quantitative estimate of drug-likeness (QED) is 0.308. The van der Waals surface area contributed by atoms with Crippen LogP contribution in [0.15, 0.2) is 66.6 Å². The molecule has 5 aromatic rings. The third-order valence-corrected chi connectivity index (χ3v) is 6.99. The molecule has 0 spiro atoms. The molecule has 0 aliphatic heterocycles. The fourth-order valence-corrected chi connectivity index (χ4v) is 5.05. The molecule has 9 heteroatoms. The number of nitrogens with two attached hydrogens (primary N) is 1. The van der Waals surface area contributed by atoms with E-state index in [4.69, 9.17) is 20.3 Å². The Morgan fingerprint density at radius 2 is 1.83 bits per heavy atom. The van der Waals surface area contributed by atoms with Crippen molar-refractivity contribution in [2.45, 2.75) is 38.2 Å². The van der Waals surface area contributed by atoms with Gasteiger partial charge in [-0.2, -0.15) is 5.10 Å². The topological polar surface area (TPSA) is 101 Å². The fraction of sp³-hybridized carbons (Fsp3) is 0.231. The summed E-state index contributed by atoms with van der Waals surface area (Å²) < 4.78 is 13.8. The van der Waals surface area contributed by atoms with E-state index in [1.165, 1.54) is 19.2 Å². The second-order valence-corrected chi connectivity index (χ2v) is 9.53. The van der Waals surface area contributed by atoms with E-state index in [0.29, 0.717) is 29.8 Å². The van der Waals surface area contributed by atoms with Gasteiger partial charge in [-0.15, -0.1) is 11.3 Å². The predicted molar refractivity (Wildman–Crippen MR) is 135 cm³/mol. The third kappa shape index (κ3) is 4.42. The van der Waals surface area contributed by atoms with E-state index in [9.17, 15) is 0 Å². The molecule has 0 radical (unpaired) electrons. The normalized spacial score (nSPS) is 13.9. The summed E-state index contributed by atoms with van der Waals surface area (Å²) in [6, 6.07) is 15.4. The van der Waals surface area contributed by atoms with Crippen LogP contribution in [0.2, 0.25) is 0 Å². The number of hydrogen-bond acceptors (Lipinski definition) is 8. The van der Waals surface area contributed by atoms with Crippen LogP contribution in [0.3, 0.4) is 0 Å². The zero-order chi connectivity index (χ0) is 23.6. The first-order chi connectivity index (χ1) is 17.2. The highest BCUT2D eigenvalue weighted by molar-refractivity contribution is 7.09. The Labute approximate surface area is 206 Å². The van der Waals surface area contributed by atoms with Crippen molar-refractivity contribution in [1.82, 2.24) is 24.7 Å². The molecule has 35 heavy (non-hydrogen) atoms. The maximum absolute atomic E-state index is 6.26. The van der Waals surface area contributed by atoms with Crippen molar-refractivity contribution in [1.29, 1.82) is 0 Å². The molecule has 3 heterocycles. The lowest BCUT2D eigenvalue weighted by Gasteiger charge is -2.10. The van der Waals surface area contributed by atoms with Crippen LogP contribution in [0.4, 0.5) is 5.82 Å². The molecular weight excluding hydrogens is 460 g/mol. The standard InChI is InChI=1S/C26H24N6O2S/c27-26-25-24(29-15-30-26)23(17-4-1-2-5-17)31-32(25)18-8-10-19(11-9-18)34-21-7-3-6-20(12-21)33-14-22-13-28-16-35-22/h3,6-13,15-17H,1-2,4-5,14H2,(H2,27,29,30). The molecule has 1 aliphatic carbocycles. The van der Waals surface area contributed by atoms with Crippen molar-refractivity contribution in [2.24, 2.45) is 0 Å². The summed E-state index contributed by atoms with van der Waals surface area (Å²) in [6.07, 6.45) is 8.05. The number of hydrogen-bond donors (Lipinski definition) is 1. The predicted octanol–water partition coefficient (Wildman–Crippen LogP) is 5.88. The Bertz CT molecular complexity index is 1440. The molecule has 0 amide bonds. The van der Waals surface area contributed by atoms with Crippen LogP contribution in [0.25, 0.3) is 16.7 Å². The Kier molecular flexibility index (Phi) is 5.75. The molecule has 3 aromatic heterocycles. The summed E-state index contributed by atoms with van der Waals surface area (Å²) in [7, 11) is 0. The second kappa shape index (κ2) is 9.34. The number of ether oxygens (including phenoxy) is 2. The number of nitrogen functional groups attached to an aromatic ring is 1. The van der Waals surface area contributed by atoms with E-state index in [1.54, 1.807) is 16.8 Å². The van der Waals surface area contributed by atoms with Crippen LogP contribution in [0, 0.1) is 0 Å². The molecule has 8 nitrogen and oxygen atoms in total. The smallest absolute Gasteiger partial charge is 0.153 e. The summed E-state index contributed by atoms with van der Waals surface area (Å²) in [5.41, 5.74) is 11.6. The van der Waals surface area contributed by atoms with Crippen molar-refractivity contribution >= 4 is 28.2 Å². The van der Waals surface area contributed by atoms with E-state index in [2.05, 4.69) is 15.0 Å². The number of thiazole rings is 1. The molecule has 2 N–H and O–H groups in total. The van der Waals surface area contributed by atoms with Crippen LogP contribution in [0.5, 0.6) is 17.2 Å². The molecule has 1 fully saturated rings. The second-order valence-electron chi connectivity index (χ2n) is 8.56. The van der Waals surface area contributed by atoms with E-state index in [1.807, 2.05) is 59.4 Å². The van der Waals surface area contributed by atoms with Crippen molar-refractivity contribution in [3.05, 3.63) is 77.1 Å². The number of rotatable bonds is 7. The minimum absolute atomic E-state index is 0.418. The van der Waals surface area contributed by atoms with Gasteiger partial charge in [0, 0.05) is 18.2 Å². The Balaban J connectivity index is 1.23. The van der Waals surface area contributed by atoms with Crippen molar-refractivity contribution in [3.63, 3.8) is 0 Å². The van der Waals surface area contributed by atoms with Gasteiger partial charge < -0.3 is 15.2 Å². The van der Waals surface area contributed by atoms with Gasteiger partial charge >= 0.3 is 0 Å². The highest BCUT2D eigenvalue weighted by atomic mass is 32.1. The van der Waals surface area contributed by atoms with Crippen molar-refractivity contribution < 1.29 is 9.47 Å². The molecule has 1 saturated carbocycles. The fourth-order valence-electron chi connectivity index (χ4n) is 4.54. The molecular formula is C26H24N6O2S. The zero-order valence-corrected chi connectivity index (χ0v) is 19.8. The minimum Gasteiger partial charge on any atom is -0.488 e.